The van der Waals surface area contributed by atoms with Crippen LogP contribution in [0.1, 0.15) is 16.8 Å². The molecule has 0 saturated carbocycles. The molecule has 6 heteroatoms. The maximum absolute atomic E-state index is 11.9. The molecular weight excluding hydrogens is 252 g/mol. The van der Waals surface area contributed by atoms with Crippen LogP contribution < -0.4 is 0 Å². The van der Waals surface area contributed by atoms with Gasteiger partial charge in [0.25, 0.3) is 0 Å². The Hall–Kier alpha value is -0.740. The minimum absolute atomic E-state index is 0.132. The van der Waals surface area contributed by atoms with Crippen LogP contribution in [0.15, 0.2) is 18.2 Å². The Morgan fingerprint density at radius 3 is 2.00 bits per heavy atom. The van der Waals surface area contributed by atoms with Gasteiger partial charge in [-0.3, -0.25) is 4.79 Å². The molecule has 1 rings (SSSR count). The smallest absolute Gasteiger partial charge is 0.294 e. The van der Waals surface area contributed by atoms with Crippen molar-refractivity contribution in [3.8, 4) is 0 Å². The molecule has 0 unspecified atom stereocenters. The molecular formula is C9H5Cl2F3O. The van der Waals surface area contributed by atoms with Crippen molar-refractivity contribution in [3.05, 3.63) is 33.8 Å². The molecule has 0 amide bonds. The summed E-state index contributed by atoms with van der Waals surface area (Å²) in [5.41, 5.74) is -0.134. The third kappa shape index (κ3) is 4.10. The SMILES string of the molecule is O=C(CC(F)(F)F)c1cc(Cl)cc(Cl)c1. The van der Waals surface area contributed by atoms with Gasteiger partial charge >= 0.3 is 6.18 Å². The number of carbonyl (C=O) groups excluding carboxylic acids is 1. The number of benzene rings is 1. The quantitative estimate of drug-likeness (QED) is 0.728. The first kappa shape index (κ1) is 12.3. The molecule has 0 atom stereocenters. The van der Waals surface area contributed by atoms with E-state index < -0.39 is 18.4 Å². The van der Waals surface area contributed by atoms with Gasteiger partial charge in [-0.2, -0.15) is 13.2 Å². The maximum atomic E-state index is 11.9. The predicted octanol–water partition coefficient (Wildman–Crippen LogP) is 4.13. The van der Waals surface area contributed by atoms with E-state index in [0.717, 1.165) is 12.1 Å². The van der Waals surface area contributed by atoms with E-state index in [4.69, 9.17) is 23.2 Å². The fourth-order valence-electron chi connectivity index (χ4n) is 0.999. The summed E-state index contributed by atoms with van der Waals surface area (Å²) >= 11 is 11.1. The van der Waals surface area contributed by atoms with Crippen molar-refractivity contribution < 1.29 is 18.0 Å². The zero-order valence-corrected chi connectivity index (χ0v) is 8.75. The summed E-state index contributed by atoms with van der Waals surface area (Å²) in [6.07, 6.45) is -6.03. The van der Waals surface area contributed by atoms with E-state index in [0.29, 0.717) is 0 Å². The summed E-state index contributed by atoms with van der Waals surface area (Å²) < 4.78 is 35.7. The summed E-state index contributed by atoms with van der Waals surface area (Å²) in [5.74, 6) is -1.05. The molecule has 0 aliphatic carbocycles. The minimum Gasteiger partial charge on any atom is -0.294 e. The van der Waals surface area contributed by atoms with Crippen molar-refractivity contribution in [2.24, 2.45) is 0 Å². The Morgan fingerprint density at radius 1 is 1.13 bits per heavy atom. The number of halogens is 5. The summed E-state index contributed by atoms with van der Waals surface area (Å²) in [6, 6.07) is 3.65. The largest absolute Gasteiger partial charge is 0.396 e. The molecule has 0 fully saturated rings. The molecule has 0 saturated heterocycles. The third-order valence-corrected chi connectivity index (χ3v) is 1.98. The van der Waals surface area contributed by atoms with E-state index in [2.05, 4.69) is 0 Å². The van der Waals surface area contributed by atoms with Crippen molar-refractivity contribution >= 4 is 29.0 Å². The molecule has 0 aliphatic rings. The average molecular weight is 257 g/mol. The van der Waals surface area contributed by atoms with Gasteiger partial charge in [0.1, 0.15) is 6.42 Å². The zero-order valence-electron chi connectivity index (χ0n) is 7.24. The highest BCUT2D eigenvalue weighted by Gasteiger charge is 2.31. The highest BCUT2D eigenvalue weighted by Crippen LogP contribution is 2.25. The molecule has 15 heavy (non-hydrogen) atoms. The lowest BCUT2D eigenvalue weighted by Crippen LogP contribution is -2.14. The van der Waals surface area contributed by atoms with Crippen molar-refractivity contribution in [2.75, 3.05) is 0 Å². The fourth-order valence-corrected chi connectivity index (χ4v) is 1.52. The molecule has 0 radical (unpaired) electrons. The fraction of sp³-hybridized carbons (Fsp3) is 0.222. The van der Waals surface area contributed by atoms with E-state index in [1.165, 1.54) is 6.07 Å². The average Bonchev–Trinajstić information content (AvgIpc) is 1.98. The topological polar surface area (TPSA) is 17.1 Å². The summed E-state index contributed by atoms with van der Waals surface area (Å²) in [4.78, 5) is 11.1. The van der Waals surface area contributed by atoms with E-state index >= 15 is 0 Å². The molecule has 1 aromatic carbocycles. The molecule has 0 spiro atoms. The number of rotatable bonds is 2. The lowest BCUT2D eigenvalue weighted by molar-refractivity contribution is -0.125. The lowest BCUT2D eigenvalue weighted by atomic mass is 10.1. The third-order valence-electron chi connectivity index (χ3n) is 1.55. The van der Waals surface area contributed by atoms with Crippen molar-refractivity contribution in [2.45, 2.75) is 12.6 Å². The number of alkyl halides is 3. The number of ketones is 1. The zero-order chi connectivity index (χ0) is 11.6. The lowest BCUT2D eigenvalue weighted by Gasteiger charge is -2.05. The van der Waals surface area contributed by atoms with Gasteiger partial charge < -0.3 is 0 Å². The van der Waals surface area contributed by atoms with E-state index in [-0.39, 0.29) is 15.6 Å². The Bertz CT molecular complexity index is 367. The second kappa shape index (κ2) is 4.41. The molecule has 0 heterocycles. The first-order chi connectivity index (χ1) is 6.78. The Kier molecular flexibility index (Phi) is 3.62. The van der Waals surface area contributed by atoms with Gasteiger partial charge in [-0.15, -0.1) is 0 Å². The highest BCUT2D eigenvalue weighted by atomic mass is 35.5. The van der Waals surface area contributed by atoms with Gasteiger partial charge in [0.05, 0.1) is 0 Å². The van der Waals surface area contributed by atoms with Gasteiger partial charge in [-0.25, -0.2) is 0 Å². The number of Topliss-reactive ketones (excluding diaryl/α,β-unsaturated/α-hetero) is 1. The van der Waals surface area contributed by atoms with Gasteiger partial charge in [-0.05, 0) is 18.2 Å². The second-order valence-corrected chi connectivity index (χ2v) is 3.75. The second-order valence-electron chi connectivity index (χ2n) is 2.87. The van der Waals surface area contributed by atoms with Gasteiger partial charge in [0.15, 0.2) is 5.78 Å². The standard InChI is InChI=1S/C9H5Cl2F3O/c10-6-1-5(2-7(11)3-6)8(15)4-9(12,13)14/h1-3H,4H2. The van der Waals surface area contributed by atoms with Crippen molar-refractivity contribution in [1.29, 1.82) is 0 Å². The van der Waals surface area contributed by atoms with E-state index in [1.54, 1.807) is 0 Å². The van der Waals surface area contributed by atoms with Gasteiger partial charge in [-0.1, -0.05) is 23.2 Å². The predicted molar refractivity (Wildman–Crippen MR) is 51.5 cm³/mol. The van der Waals surface area contributed by atoms with Crippen LogP contribution in [0.25, 0.3) is 0 Å². The van der Waals surface area contributed by atoms with Gasteiger partial charge in [0.2, 0.25) is 0 Å². The molecule has 1 aromatic rings. The Labute approximate surface area is 93.8 Å². The molecule has 0 bridgehead atoms. The van der Waals surface area contributed by atoms with Crippen LogP contribution in [-0.4, -0.2) is 12.0 Å². The highest BCUT2D eigenvalue weighted by molar-refractivity contribution is 6.35. The molecule has 0 aliphatic heterocycles. The van der Waals surface area contributed by atoms with E-state index in [9.17, 15) is 18.0 Å². The Morgan fingerprint density at radius 2 is 1.60 bits per heavy atom. The van der Waals surface area contributed by atoms with Crippen LogP contribution in [0.5, 0.6) is 0 Å². The summed E-state index contributed by atoms with van der Waals surface area (Å²) in [6.45, 7) is 0. The van der Waals surface area contributed by atoms with Crippen LogP contribution in [0.2, 0.25) is 10.0 Å². The van der Waals surface area contributed by atoms with Crippen LogP contribution in [0.4, 0.5) is 13.2 Å². The number of hydrogen-bond donors (Lipinski definition) is 0. The molecule has 0 aromatic heterocycles. The summed E-state index contributed by atoms with van der Waals surface area (Å²) in [7, 11) is 0. The monoisotopic (exact) mass is 256 g/mol. The first-order valence-electron chi connectivity index (χ1n) is 3.84. The van der Waals surface area contributed by atoms with Crippen molar-refractivity contribution in [1.82, 2.24) is 0 Å². The normalized spacial score (nSPS) is 11.5. The maximum Gasteiger partial charge on any atom is 0.396 e. The number of hydrogen-bond acceptors (Lipinski definition) is 1. The molecule has 1 nitrogen and oxygen atoms in total. The van der Waals surface area contributed by atoms with Crippen molar-refractivity contribution in [3.63, 3.8) is 0 Å². The number of carbonyl (C=O) groups is 1. The molecule has 0 N–H and O–H groups in total. The first-order valence-corrected chi connectivity index (χ1v) is 4.59. The molecule has 82 valence electrons. The van der Waals surface area contributed by atoms with Gasteiger partial charge in [0, 0.05) is 15.6 Å². The Balaban J connectivity index is 2.92. The summed E-state index contributed by atoms with van der Waals surface area (Å²) in [5, 5.41) is 0.265. The minimum atomic E-state index is -4.52. The van der Waals surface area contributed by atoms with Crippen LogP contribution >= 0.6 is 23.2 Å². The van der Waals surface area contributed by atoms with E-state index in [1.807, 2.05) is 0 Å². The van der Waals surface area contributed by atoms with Crippen LogP contribution in [-0.2, 0) is 0 Å². The van der Waals surface area contributed by atoms with Crippen LogP contribution in [0, 0.1) is 0 Å². The van der Waals surface area contributed by atoms with Crippen LogP contribution in [0.3, 0.4) is 0 Å².